The molecular weight excluding hydrogens is 278 g/mol. The van der Waals surface area contributed by atoms with Gasteiger partial charge in [-0.2, -0.15) is 0 Å². The zero-order valence-corrected chi connectivity index (χ0v) is 12.7. The Morgan fingerprint density at radius 2 is 2.16 bits per heavy atom. The highest BCUT2D eigenvalue weighted by molar-refractivity contribution is 7.99. The van der Waals surface area contributed by atoms with Crippen LogP contribution in [-0.2, 0) is 6.42 Å². The van der Waals surface area contributed by atoms with Gasteiger partial charge < -0.3 is 10.2 Å². The molecule has 0 saturated heterocycles. The van der Waals surface area contributed by atoms with Crippen LogP contribution in [0.5, 0.6) is 0 Å². The molecule has 0 fully saturated rings. The molecule has 0 amide bonds. The van der Waals surface area contributed by atoms with Crippen molar-refractivity contribution in [2.75, 3.05) is 0 Å². The van der Waals surface area contributed by atoms with Crippen molar-refractivity contribution in [2.24, 2.45) is 5.73 Å². The quantitative estimate of drug-likeness (QED) is 0.871. The third-order valence-electron chi connectivity index (χ3n) is 3.08. The minimum absolute atomic E-state index is 0.170. The monoisotopic (exact) mass is 295 g/mol. The molecule has 0 bridgehead atoms. The Balaban J connectivity index is 2.30. The lowest BCUT2D eigenvalue weighted by molar-refractivity contribution is 0.527. The zero-order chi connectivity index (χ0) is 13.8. The lowest BCUT2D eigenvalue weighted by Gasteiger charge is -2.14. The second kappa shape index (κ2) is 6.51. The minimum Gasteiger partial charge on any atom is -0.468 e. The maximum Gasteiger partial charge on any atom is 0.114 e. The average Bonchev–Trinajstić information content (AvgIpc) is 2.79. The Labute approximate surface area is 123 Å². The smallest absolute Gasteiger partial charge is 0.114 e. The molecule has 2 nitrogen and oxygen atoms in total. The van der Waals surface area contributed by atoms with Gasteiger partial charge >= 0.3 is 0 Å². The Kier molecular flexibility index (Phi) is 4.97. The molecule has 2 rings (SSSR count). The minimum atomic E-state index is 0.170. The lowest BCUT2D eigenvalue weighted by atomic mass is 10.0. The maximum absolute atomic E-state index is 6.33. The maximum atomic E-state index is 6.33. The third kappa shape index (κ3) is 3.56. The first-order valence-electron chi connectivity index (χ1n) is 6.36. The molecule has 0 aliphatic heterocycles. The topological polar surface area (TPSA) is 39.2 Å². The summed E-state index contributed by atoms with van der Waals surface area (Å²) in [4.78, 5) is 2.18. The molecule has 1 unspecified atom stereocenters. The predicted molar refractivity (Wildman–Crippen MR) is 81.0 cm³/mol. The van der Waals surface area contributed by atoms with Crippen molar-refractivity contribution in [3.63, 3.8) is 0 Å². The summed E-state index contributed by atoms with van der Waals surface area (Å²) in [6.07, 6.45) is 3.50. The van der Waals surface area contributed by atoms with Crippen molar-refractivity contribution < 1.29 is 4.42 Å². The van der Waals surface area contributed by atoms with Crippen LogP contribution in [0.4, 0.5) is 0 Å². The lowest BCUT2D eigenvalue weighted by Crippen LogP contribution is -2.21. The molecule has 2 N–H and O–H groups in total. The van der Waals surface area contributed by atoms with Crippen molar-refractivity contribution in [3.8, 4) is 0 Å². The number of halogens is 1. The average molecular weight is 296 g/mol. The van der Waals surface area contributed by atoms with E-state index in [1.807, 2.05) is 25.1 Å². The van der Waals surface area contributed by atoms with Gasteiger partial charge in [0.05, 0.1) is 16.2 Å². The summed E-state index contributed by atoms with van der Waals surface area (Å²) >= 11 is 7.98. The molecule has 0 radical (unpaired) electrons. The largest absolute Gasteiger partial charge is 0.468 e. The molecule has 19 heavy (non-hydrogen) atoms. The SMILES string of the molecule is CCC(N)Cc1cccc(Cl)c1Sc1ccoc1C. The number of benzene rings is 1. The molecule has 4 heteroatoms. The molecule has 1 aromatic heterocycles. The Morgan fingerprint density at radius 1 is 1.37 bits per heavy atom. The Bertz CT molecular complexity index is 553. The summed E-state index contributed by atoms with van der Waals surface area (Å²) in [5.74, 6) is 0.913. The second-order valence-corrected chi connectivity index (χ2v) is 6.00. The van der Waals surface area contributed by atoms with Gasteiger partial charge in [0.25, 0.3) is 0 Å². The summed E-state index contributed by atoms with van der Waals surface area (Å²) in [6.45, 7) is 4.05. The fraction of sp³-hybridized carbons (Fsp3) is 0.333. The Morgan fingerprint density at radius 3 is 2.79 bits per heavy atom. The van der Waals surface area contributed by atoms with Crippen LogP contribution in [0.25, 0.3) is 0 Å². The van der Waals surface area contributed by atoms with Crippen molar-refractivity contribution in [3.05, 3.63) is 46.9 Å². The van der Waals surface area contributed by atoms with Crippen LogP contribution in [0.1, 0.15) is 24.7 Å². The Hall–Kier alpha value is -0.900. The normalized spacial score (nSPS) is 12.6. The molecule has 0 saturated carbocycles. The van der Waals surface area contributed by atoms with E-state index in [4.69, 9.17) is 21.8 Å². The van der Waals surface area contributed by atoms with E-state index < -0.39 is 0 Å². The van der Waals surface area contributed by atoms with E-state index in [0.717, 1.165) is 33.4 Å². The first kappa shape index (κ1) is 14.5. The molecule has 0 aliphatic rings. The van der Waals surface area contributed by atoms with Gasteiger partial charge in [0.1, 0.15) is 5.76 Å². The van der Waals surface area contributed by atoms with Crippen LogP contribution in [-0.4, -0.2) is 6.04 Å². The number of aryl methyl sites for hydroxylation is 1. The van der Waals surface area contributed by atoms with Crippen LogP contribution in [0.15, 0.2) is 44.7 Å². The molecule has 2 aromatic rings. The molecule has 0 aliphatic carbocycles. The van der Waals surface area contributed by atoms with E-state index in [1.54, 1.807) is 18.0 Å². The fourth-order valence-corrected chi connectivity index (χ4v) is 3.14. The summed E-state index contributed by atoms with van der Waals surface area (Å²) in [7, 11) is 0. The van der Waals surface area contributed by atoms with E-state index in [-0.39, 0.29) is 6.04 Å². The fourth-order valence-electron chi connectivity index (χ4n) is 1.84. The van der Waals surface area contributed by atoms with Gasteiger partial charge in [-0.15, -0.1) is 0 Å². The van der Waals surface area contributed by atoms with Gasteiger partial charge in [-0.1, -0.05) is 42.4 Å². The standard InChI is InChI=1S/C15H18ClNOS/c1-3-12(17)9-11-5-4-6-13(16)15(11)19-14-7-8-18-10(14)2/h4-8,12H,3,9,17H2,1-2H3. The van der Waals surface area contributed by atoms with Gasteiger partial charge in [-0.05, 0) is 37.5 Å². The van der Waals surface area contributed by atoms with E-state index in [1.165, 1.54) is 5.56 Å². The van der Waals surface area contributed by atoms with Gasteiger partial charge in [0.2, 0.25) is 0 Å². The molecule has 1 heterocycles. The summed E-state index contributed by atoms with van der Waals surface area (Å²) in [5, 5.41) is 0.770. The highest BCUT2D eigenvalue weighted by atomic mass is 35.5. The molecule has 102 valence electrons. The van der Waals surface area contributed by atoms with Gasteiger partial charge in [0.15, 0.2) is 0 Å². The first-order valence-corrected chi connectivity index (χ1v) is 7.56. The van der Waals surface area contributed by atoms with E-state index in [0.29, 0.717) is 0 Å². The molecule has 0 spiro atoms. The van der Waals surface area contributed by atoms with Crippen LogP contribution in [0.3, 0.4) is 0 Å². The number of hydrogen-bond donors (Lipinski definition) is 1. The van der Waals surface area contributed by atoms with E-state index in [9.17, 15) is 0 Å². The van der Waals surface area contributed by atoms with Gasteiger partial charge in [-0.25, -0.2) is 0 Å². The van der Waals surface area contributed by atoms with Crippen molar-refractivity contribution >= 4 is 23.4 Å². The first-order chi connectivity index (χ1) is 9.11. The number of rotatable bonds is 5. The van der Waals surface area contributed by atoms with Crippen molar-refractivity contribution in [1.82, 2.24) is 0 Å². The highest BCUT2D eigenvalue weighted by Crippen LogP contribution is 2.38. The van der Waals surface area contributed by atoms with Gasteiger partial charge in [0, 0.05) is 10.9 Å². The van der Waals surface area contributed by atoms with Crippen LogP contribution in [0, 0.1) is 6.92 Å². The highest BCUT2D eigenvalue weighted by Gasteiger charge is 2.13. The van der Waals surface area contributed by atoms with Crippen LogP contribution < -0.4 is 5.73 Å². The number of hydrogen-bond acceptors (Lipinski definition) is 3. The summed E-state index contributed by atoms with van der Waals surface area (Å²) in [6, 6.07) is 8.13. The van der Waals surface area contributed by atoms with Gasteiger partial charge in [-0.3, -0.25) is 0 Å². The second-order valence-electron chi connectivity index (χ2n) is 4.54. The predicted octanol–water partition coefficient (Wildman–Crippen LogP) is 4.67. The van der Waals surface area contributed by atoms with E-state index >= 15 is 0 Å². The molecular formula is C15H18ClNOS. The molecule has 1 atom stereocenters. The number of furan rings is 1. The molecule has 1 aromatic carbocycles. The van der Waals surface area contributed by atoms with Crippen LogP contribution >= 0.6 is 23.4 Å². The van der Waals surface area contributed by atoms with E-state index in [2.05, 4.69) is 13.0 Å². The summed E-state index contributed by atoms with van der Waals surface area (Å²) in [5.41, 5.74) is 7.26. The van der Waals surface area contributed by atoms with Crippen LogP contribution in [0.2, 0.25) is 5.02 Å². The van der Waals surface area contributed by atoms with Crippen molar-refractivity contribution in [2.45, 2.75) is 42.5 Å². The van der Waals surface area contributed by atoms with Crippen molar-refractivity contribution in [1.29, 1.82) is 0 Å². The summed E-state index contributed by atoms with van der Waals surface area (Å²) < 4.78 is 5.33. The third-order valence-corrected chi connectivity index (χ3v) is 4.83. The zero-order valence-electron chi connectivity index (χ0n) is 11.2. The number of nitrogens with two attached hydrogens (primary N) is 1.